The molecule has 0 aliphatic carbocycles. The van der Waals surface area contributed by atoms with E-state index in [0.29, 0.717) is 45.7 Å². The van der Waals surface area contributed by atoms with Gasteiger partial charge in [0.25, 0.3) is 5.56 Å². The SMILES string of the molecule is Cc1nc(C)c(CCC(=O)Nc2ccccc2Oc2ccccc2Cl)c(=O)[nH]1. The maximum Gasteiger partial charge on any atom is 0.254 e. The molecule has 1 heterocycles. The van der Waals surface area contributed by atoms with Crippen LogP contribution in [0.15, 0.2) is 53.3 Å². The average molecular weight is 398 g/mol. The van der Waals surface area contributed by atoms with Crippen molar-refractivity contribution in [3.63, 3.8) is 0 Å². The van der Waals surface area contributed by atoms with Crippen molar-refractivity contribution in [1.82, 2.24) is 9.97 Å². The summed E-state index contributed by atoms with van der Waals surface area (Å²) in [6.45, 7) is 3.49. The normalized spacial score (nSPS) is 10.5. The molecule has 28 heavy (non-hydrogen) atoms. The van der Waals surface area contributed by atoms with Crippen LogP contribution in [0.2, 0.25) is 5.02 Å². The number of carbonyl (C=O) groups is 1. The van der Waals surface area contributed by atoms with Gasteiger partial charge in [0.15, 0.2) is 5.75 Å². The molecule has 0 fully saturated rings. The molecule has 3 rings (SSSR count). The van der Waals surface area contributed by atoms with Gasteiger partial charge in [-0.2, -0.15) is 0 Å². The number of anilines is 1. The molecule has 2 N–H and O–H groups in total. The van der Waals surface area contributed by atoms with E-state index in [0.717, 1.165) is 0 Å². The van der Waals surface area contributed by atoms with Gasteiger partial charge in [0.1, 0.15) is 11.6 Å². The molecular formula is C21H20ClN3O3. The fourth-order valence-corrected chi connectivity index (χ4v) is 2.98. The number of hydrogen-bond donors (Lipinski definition) is 2. The summed E-state index contributed by atoms with van der Waals surface area (Å²) in [6, 6.07) is 14.2. The first-order chi connectivity index (χ1) is 13.4. The second-order valence-electron chi connectivity index (χ2n) is 6.29. The Balaban J connectivity index is 1.70. The van der Waals surface area contributed by atoms with Crippen LogP contribution >= 0.6 is 11.6 Å². The quantitative estimate of drug-likeness (QED) is 0.645. The van der Waals surface area contributed by atoms with Crippen molar-refractivity contribution in [2.24, 2.45) is 0 Å². The number of amides is 1. The number of nitrogens with one attached hydrogen (secondary N) is 2. The number of rotatable bonds is 6. The molecule has 0 radical (unpaired) electrons. The molecule has 0 spiro atoms. The number of benzene rings is 2. The van der Waals surface area contributed by atoms with E-state index in [2.05, 4.69) is 15.3 Å². The molecule has 3 aromatic rings. The van der Waals surface area contributed by atoms with E-state index in [1.165, 1.54) is 0 Å². The van der Waals surface area contributed by atoms with Gasteiger partial charge in [0.05, 0.1) is 10.7 Å². The predicted octanol–water partition coefficient (Wildman–Crippen LogP) is 4.40. The van der Waals surface area contributed by atoms with Crippen molar-refractivity contribution < 1.29 is 9.53 Å². The summed E-state index contributed by atoms with van der Waals surface area (Å²) in [7, 11) is 0. The third kappa shape index (κ3) is 4.78. The minimum Gasteiger partial charge on any atom is -0.454 e. The van der Waals surface area contributed by atoms with Crippen LogP contribution < -0.4 is 15.6 Å². The molecule has 0 unspecified atom stereocenters. The Morgan fingerprint density at radius 2 is 1.79 bits per heavy atom. The Kier molecular flexibility index (Phi) is 6.11. The number of hydrogen-bond acceptors (Lipinski definition) is 4. The first-order valence-corrected chi connectivity index (χ1v) is 9.19. The molecule has 144 valence electrons. The van der Waals surface area contributed by atoms with E-state index < -0.39 is 0 Å². The fourth-order valence-electron chi connectivity index (χ4n) is 2.80. The summed E-state index contributed by atoms with van der Waals surface area (Å²) in [5, 5.41) is 3.31. The summed E-state index contributed by atoms with van der Waals surface area (Å²) < 4.78 is 5.84. The molecule has 1 amide bonds. The number of nitrogens with zero attached hydrogens (tertiary/aromatic N) is 1. The van der Waals surface area contributed by atoms with Crippen LogP contribution in [0.4, 0.5) is 5.69 Å². The van der Waals surface area contributed by atoms with Crippen molar-refractivity contribution in [3.8, 4) is 11.5 Å². The topological polar surface area (TPSA) is 84.1 Å². The van der Waals surface area contributed by atoms with Crippen LogP contribution in [0, 0.1) is 13.8 Å². The lowest BCUT2D eigenvalue weighted by atomic mass is 10.1. The second-order valence-corrected chi connectivity index (χ2v) is 6.70. The summed E-state index contributed by atoms with van der Waals surface area (Å²) in [6.07, 6.45) is 0.447. The van der Waals surface area contributed by atoms with Crippen molar-refractivity contribution in [2.45, 2.75) is 26.7 Å². The van der Waals surface area contributed by atoms with E-state index in [-0.39, 0.29) is 17.9 Å². The van der Waals surface area contributed by atoms with Gasteiger partial charge in [-0.1, -0.05) is 35.9 Å². The monoisotopic (exact) mass is 397 g/mol. The molecule has 7 heteroatoms. The number of aryl methyl sites for hydroxylation is 2. The number of para-hydroxylation sites is 3. The lowest BCUT2D eigenvalue weighted by Gasteiger charge is -2.13. The molecule has 0 aliphatic heterocycles. The largest absolute Gasteiger partial charge is 0.454 e. The van der Waals surface area contributed by atoms with Gasteiger partial charge in [0.2, 0.25) is 5.91 Å². The van der Waals surface area contributed by atoms with Crippen LogP contribution in [0.1, 0.15) is 23.5 Å². The highest BCUT2D eigenvalue weighted by atomic mass is 35.5. The van der Waals surface area contributed by atoms with E-state index >= 15 is 0 Å². The highest BCUT2D eigenvalue weighted by Crippen LogP contribution is 2.33. The molecule has 0 atom stereocenters. The molecule has 0 bridgehead atoms. The van der Waals surface area contributed by atoms with Gasteiger partial charge in [0, 0.05) is 17.7 Å². The zero-order valence-corrected chi connectivity index (χ0v) is 16.3. The Labute approximate surface area is 167 Å². The number of ether oxygens (including phenoxy) is 1. The van der Waals surface area contributed by atoms with Gasteiger partial charge < -0.3 is 15.0 Å². The smallest absolute Gasteiger partial charge is 0.254 e. The van der Waals surface area contributed by atoms with Crippen LogP contribution in [0.3, 0.4) is 0 Å². The first kappa shape index (κ1) is 19.6. The number of aromatic amines is 1. The molecule has 1 aromatic heterocycles. The Morgan fingerprint density at radius 1 is 1.11 bits per heavy atom. The predicted molar refractivity (Wildman–Crippen MR) is 109 cm³/mol. The van der Waals surface area contributed by atoms with Gasteiger partial charge in [-0.3, -0.25) is 9.59 Å². The van der Waals surface area contributed by atoms with Crippen molar-refractivity contribution >= 4 is 23.2 Å². The third-order valence-electron chi connectivity index (χ3n) is 4.16. The van der Waals surface area contributed by atoms with E-state index in [4.69, 9.17) is 16.3 Å². The summed E-state index contributed by atoms with van der Waals surface area (Å²) in [5.74, 6) is 1.31. The second kappa shape index (κ2) is 8.71. The fraction of sp³-hybridized carbons (Fsp3) is 0.190. The van der Waals surface area contributed by atoms with Crippen LogP contribution in [-0.4, -0.2) is 15.9 Å². The molecule has 0 saturated carbocycles. The lowest BCUT2D eigenvalue weighted by Crippen LogP contribution is -2.20. The Bertz CT molecular complexity index is 1060. The van der Waals surface area contributed by atoms with Crippen LogP contribution in [-0.2, 0) is 11.2 Å². The summed E-state index contributed by atoms with van der Waals surface area (Å²) in [4.78, 5) is 31.4. The minimum absolute atomic E-state index is 0.148. The van der Waals surface area contributed by atoms with E-state index in [9.17, 15) is 9.59 Å². The molecule has 2 aromatic carbocycles. The number of carbonyl (C=O) groups excluding carboxylic acids is 1. The van der Waals surface area contributed by atoms with Crippen molar-refractivity contribution in [1.29, 1.82) is 0 Å². The van der Waals surface area contributed by atoms with E-state index in [1.807, 2.05) is 18.2 Å². The van der Waals surface area contributed by atoms with Crippen molar-refractivity contribution in [2.75, 3.05) is 5.32 Å². The first-order valence-electron chi connectivity index (χ1n) is 8.81. The summed E-state index contributed by atoms with van der Waals surface area (Å²) in [5.41, 5.74) is 1.47. The van der Waals surface area contributed by atoms with Crippen LogP contribution in [0.5, 0.6) is 11.5 Å². The molecule has 6 nitrogen and oxygen atoms in total. The number of H-pyrrole nitrogens is 1. The van der Waals surface area contributed by atoms with Crippen molar-refractivity contribution in [3.05, 3.63) is 81.0 Å². The van der Waals surface area contributed by atoms with Gasteiger partial charge in [-0.25, -0.2) is 4.98 Å². The molecule has 0 saturated heterocycles. The van der Waals surface area contributed by atoms with Gasteiger partial charge >= 0.3 is 0 Å². The maximum absolute atomic E-state index is 12.4. The highest BCUT2D eigenvalue weighted by molar-refractivity contribution is 6.32. The van der Waals surface area contributed by atoms with Gasteiger partial charge in [-0.05, 0) is 44.5 Å². The minimum atomic E-state index is -0.227. The number of aromatic nitrogens is 2. The van der Waals surface area contributed by atoms with E-state index in [1.54, 1.807) is 44.2 Å². The average Bonchev–Trinajstić information content (AvgIpc) is 2.64. The third-order valence-corrected chi connectivity index (χ3v) is 4.47. The Morgan fingerprint density at radius 3 is 2.50 bits per heavy atom. The lowest BCUT2D eigenvalue weighted by molar-refractivity contribution is -0.116. The van der Waals surface area contributed by atoms with Crippen LogP contribution in [0.25, 0.3) is 0 Å². The Hall–Kier alpha value is -3.12. The molecular weight excluding hydrogens is 378 g/mol. The highest BCUT2D eigenvalue weighted by Gasteiger charge is 2.12. The maximum atomic E-state index is 12.4. The summed E-state index contributed by atoms with van der Waals surface area (Å²) >= 11 is 6.14. The standard InChI is InChI=1S/C21H20ClN3O3/c1-13-15(21(27)24-14(2)23-13)11-12-20(26)25-17-8-4-6-10-19(17)28-18-9-5-3-7-16(18)22/h3-10H,11-12H2,1-2H3,(H,25,26)(H,23,24,27). The zero-order valence-electron chi connectivity index (χ0n) is 15.6. The zero-order chi connectivity index (χ0) is 20.1. The molecule has 0 aliphatic rings. The number of halogens is 1. The van der Waals surface area contributed by atoms with Gasteiger partial charge in [-0.15, -0.1) is 0 Å².